The van der Waals surface area contributed by atoms with E-state index in [4.69, 9.17) is 15.2 Å². The largest absolute Gasteiger partial charge is 0.496 e. The maximum Gasteiger partial charge on any atom is 0.314 e. The Kier molecular flexibility index (Phi) is 2.43. The highest BCUT2D eigenvalue weighted by atomic mass is 16.6. The fourth-order valence-electron chi connectivity index (χ4n) is 1.75. The summed E-state index contributed by atoms with van der Waals surface area (Å²) >= 11 is 0. The number of nitrogens with two attached hydrogens (primary N) is 1. The highest BCUT2D eigenvalue weighted by molar-refractivity contribution is 5.59. The predicted molar refractivity (Wildman–Crippen MR) is 56.7 cm³/mol. The van der Waals surface area contributed by atoms with E-state index in [-0.39, 0.29) is 23.6 Å². The molecule has 0 saturated carbocycles. The minimum Gasteiger partial charge on any atom is -0.496 e. The van der Waals surface area contributed by atoms with E-state index >= 15 is 0 Å². The number of rotatable bonds is 2. The lowest BCUT2D eigenvalue weighted by molar-refractivity contribution is -0.385. The Morgan fingerprint density at radius 2 is 2.25 bits per heavy atom. The first-order valence-electron chi connectivity index (χ1n) is 4.83. The summed E-state index contributed by atoms with van der Waals surface area (Å²) < 4.78 is 10.4. The second-order valence-electron chi connectivity index (χ2n) is 3.67. The summed E-state index contributed by atoms with van der Waals surface area (Å²) in [6.45, 7) is 1.78. The van der Waals surface area contributed by atoms with Gasteiger partial charge < -0.3 is 15.2 Å². The molecule has 2 unspecified atom stereocenters. The fourth-order valence-corrected chi connectivity index (χ4v) is 1.75. The minimum absolute atomic E-state index is 0.103. The molecule has 2 N–H and O–H groups in total. The number of nitrogens with zero attached hydrogens (tertiary/aromatic N) is 1. The molecule has 0 saturated heterocycles. The van der Waals surface area contributed by atoms with Crippen molar-refractivity contribution in [2.45, 2.75) is 19.1 Å². The molecule has 16 heavy (non-hydrogen) atoms. The average Bonchev–Trinajstić information content (AvgIpc) is 2.54. The number of nitro groups is 1. The summed E-state index contributed by atoms with van der Waals surface area (Å²) in [6, 6.07) is 2.66. The average molecular weight is 224 g/mol. The lowest BCUT2D eigenvalue weighted by Crippen LogP contribution is -2.21. The first-order chi connectivity index (χ1) is 7.54. The molecule has 0 fully saturated rings. The molecular formula is C10H12N2O4. The van der Waals surface area contributed by atoms with E-state index in [1.165, 1.54) is 13.2 Å². The summed E-state index contributed by atoms with van der Waals surface area (Å²) in [5.74, 6) is 0.671. The molecule has 0 spiro atoms. The highest BCUT2D eigenvalue weighted by Crippen LogP contribution is 2.44. The lowest BCUT2D eigenvalue weighted by atomic mass is 10.0. The second-order valence-corrected chi connectivity index (χ2v) is 3.67. The van der Waals surface area contributed by atoms with E-state index in [0.717, 1.165) is 0 Å². The zero-order valence-corrected chi connectivity index (χ0v) is 8.97. The first kappa shape index (κ1) is 10.7. The molecule has 1 aromatic carbocycles. The lowest BCUT2D eigenvalue weighted by Gasteiger charge is -2.07. The van der Waals surface area contributed by atoms with Gasteiger partial charge in [-0.2, -0.15) is 0 Å². The van der Waals surface area contributed by atoms with Gasteiger partial charge in [-0.15, -0.1) is 0 Å². The molecule has 1 aliphatic rings. The third-order valence-electron chi connectivity index (χ3n) is 2.67. The minimum atomic E-state index is -0.494. The number of fused-ring (bicyclic) bond motifs is 1. The SMILES string of the molecule is COc1cc2c(c([N+](=O)[O-])c1)OC(C)C2N. The van der Waals surface area contributed by atoms with Gasteiger partial charge in [0.05, 0.1) is 24.1 Å². The van der Waals surface area contributed by atoms with Crippen molar-refractivity contribution in [1.29, 1.82) is 0 Å². The number of benzene rings is 1. The van der Waals surface area contributed by atoms with Crippen molar-refractivity contribution in [3.8, 4) is 11.5 Å². The van der Waals surface area contributed by atoms with Gasteiger partial charge in [0.1, 0.15) is 11.9 Å². The van der Waals surface area contributed by atoms with Crippen LogP contribution in [0.25, 0.3) is 0 Å². The monoisotopic (exact) mass is 224 g/mol. The van der Waals surface area contributed by atoms with Crippen LogP contribution in [0.4, 0.5) is 5.69 Å². The van der Waals surface area contributed by atoms with Gasteiger partial charge in [-0.05, 0) is 13.0 Å². The molecule has 1 aromatic rings. The zero-order chi connectivity index (χ0) is 11.9. The van der Waals surface area contributed by atoms with Crippen molar-refractivity contribution in [1.82, 2.24) is 0 Å². The van der Waals surface area contributed by atoms with Gasteiger partial charge in [0, 0.05) is 5.56 Å². The summed E-state index contributed by atoms with van der Waals surface area (Å²) in [6.07, 6.45) is -0.263. The van der Waals surface area contributed by atoms with Crippen molar-refractivity contribution >= 4 is 5.69 Å². The molecule has 6 nitrogen and oxygen atoms in total. The third kappa shape index (κ3) is 1.47. The van der Waals surface area contributed by atoms with Gasteiger partial charge in [-0.1, -0.05) is 0 Å². The van der Waals surface area contributed by atoms with Crippen molar-refractivity contribution in [3.05, 3.63) is 27.8 Å². The van der Waals surface area contributed by atoms with Gasteiger partial charge in [0.15, 0.2) is 0 Å². The quantitative estimate of drug-likeness (QED) is 0.605. The van der Waals surface area contributed by atoms with Crippen molar-refractivity contribution < 1.29 is 14.4 Å². The smallest absolute Gasteiger partial charge is 0.314 e. The Labute approximate surface area is 92.1 Å². The molecule has 1 aliphatic heterocycles. The normalized spacial score (nSPS) is 22.4. The van der Waals surface area contributed by atoms with Crippen molar-refractivity contribution in [3.63, 3.8) is 0 Å². The maximum absolute atomic E-state index is 10.9. The van der Waals surface area contributed by atoms with E-state index in [0.29, 0.717) is 11.3 Å². The van der Waals surface area contributed by atoms with Gasteiger partial charge in [-0.3, -0.25) is 10.1 Å². The van der Waals surface area contributed by atoms with Gasteiger partial charge >= 0.3 is 5.69 Å². The summed E-state index contributed by atoms with van der Waals surface area (Å²) in [7, 11) is 1.45. The number of ether oxygens (including phenoxy) is 2. The molecule has 2 rings (SSSR count). The fraction of sp³-hybridized carbons (Fsp3) is 0.400. The van der Waals surface area contributed by atoms with Crippen LogP contribution in [0.5, 0.6) is 11.5 Å². The van der Waals surface area contributed by atoms with E-state index in [1.807, 2.05) is 0 Å². The van der Waals surface area contributed by atoms with Crippen LogP contribution < -0.4 is 15.2 Å². The number of methoxy groups -OCH3 is 1. The molecule has 0 bridgehead atoms. The first-order valence-corrected chi connectivity index (χ1v) is 4.83. The molecule has 2 atom stereocenters. The van der Waals surface area contributed by atoms with Crippen molar-refractivity contribution in [2.24, 2.45) is 5.73 Å². The van der Waals surface area contributed by atoms with E-state index < -0.39 is 4.92 Å². The molecule has 86 valence electrons. The standard InChI is InChI=1S/C10H12N2O4/c1-5-9(11)7-3-6(15-2)4-8(12(13)14)10(7)16-5/h3-5,9H,11H2,1-2H3. The van der Waals surface area contributed by atoms with Crippen LogP contribution in [0.15, 0.2) is 12.1 Å². The molecule has 0 radical (unpaired) electrons. The number of hydrogen-bond donors (Lipinski definition) is 1. The zero-order valence-electron chi connectivity index (χ0n) is 8.97. The molecule has 6 heteroatoms. The molecule has 0 aliphatic carbocycles. The second kappa shape index (κ2) is 3.64. The van der Waals surface area contributed by atoms with Crippen LogP contribution >= 0.6 is 0 Å². The van der Waals surface area contributed by atoms with Crippen LogP contribution in [0.2, 0.25) is 0 Å². The molecule has 1 heterocycles. The topological polar surface area (TPSA) is 87.6 Å². The van der Waals surface area contributed by atoms with Gasteiger partial charge in [0.2, 0.25) is 5.75 Å². The van der Waals surface area contributed by atoms with E-state index in [1.54, 1.807) is 13.0 Å². The maximum atomic E-state index is 10.9. The molecular weight excluding hydrogens is 212 g/mol. The highest BCUT2D eigenvalue weighted by Gasteiger charge is 2.35. The van der Waals surface area contributed by atoms with Crippen LogP contribution in [-0.2, 0) is 0 Å². The summed E-state index contributed by atoms with van der Waals surface area (Å²) in [5, 5.41) is 10.9. The Bertz CT molecular complexity index is 447. The van der Waals surface area contributed by atoms with Gasteiger partial charge in [-0.25, -0.2) is 0 Å². The summed E-state index contributed by atoms with van der Waals surface area (Å²) in [5.41, 5.74) is 6.40. The van der Waals surface area contributed by atoms with Gasteiger partial charge in [0.25, 0.3) is 0 Å². The number of hydrogen-bond acceptors (Lipinski definition) is 5. The third-order valence-corrected chi connectivity index (χ3v) is 2.67. The van der Waals surface area contributed by atoms with Crippen molar-refractivity contribution in [2.75, 3.05) is 7.11 Å². The molecule has 0 aromatic heterocycles. The Morgan fingerprint density at radius 1 is 1.56 bits per heavy atom. The van der Waals surface area contributed by atoms with E-state index in [2.05, 4.69) is 0 Å². The summed E-state index contributed by atoms with van der Waals surface area (Å²) in [4.78, 5) is 10.4. The Balaban J connectivity index is 2.60. The number of nitro benzene ring substituents is 1. The molecule has 0 amide bonds. The Morgan fingerprint density at radius 3 is 2.81 bits per heavy atom. The van der Waals surface area contributed by atoms with Crippen LogP contribution in [0.3, 0.4) is 0 Å². The van der Waals surface area contributed by atoms with E-state index in [9.17, 15) is 10.1 Å². The van der Waals surface area contributed by atoms with Crippen LogP contribution in [-0.4, -0.2) is 18.1 Å². The Hall–Kier alpha value is -1.82. The predicted octanol–water partition coefficient (Wildman–Crippen LogP) is 1.38. The van der Waals surface area contributed by atoms with Crippen LogP contribution in [0.1, 0.15) is 18.5 Å². The van der Waals surface area contributed by atoms with Crippen LogP contribution in [0, 0.1) is 10.1 Å².